The molecule has 1 heterocycles. The molecule has 1 amide bonds. The Kier molecular flexibility index (Phi) is 4.45. The number of hydrogen-bond donors (Lipinski definition) is 1. The van der Waals surface area contributed by atoms with E-state index < -0.39 is 10.0 Å². The van der Waals surface area contributed by atoms with Crippen LogP contribution in [-0.4, -0.2) is 38.3 Å². The molecule has 0 saturated carbocycles. The van der Waals surface area contributed by atoms with Gasteiger partial charge < -0.3 is 5.32 Å². The molecule has 20 heavy (non-hydrogen) atoms. The number of carbonyl (C=O) groups is 1. The monoisotopic (exact) mass is 296 g/mol. The van der Waals surface area contributed by atoms with Crippen LogP contribution in [0.15, 0.2) is 29.2 Å². The van der Waals surface area contributed by atoms with Gasteiger partial charge in [0.15, 0.2) is 0 Å². The van der Waals surface area contributed by atoms with Crippen LogP contribution in [0.1, 0.15) is 36.5 Å². The summed E-state index contributed by atoms with van der Waals surface area (Å²) in [4.78, 5) is 11.7. The minimum atomic E-state index is -3.46. The summed E-state index contributed by atoms with van der Waals surface area (Å²) in [6.07, 6.45) is 2.87. The van der Waals surface area contributed by atoms with Gasteiger partial charge in [0.1, 0.15) is 0 Å². The van der Waals surface area contributed by atoms with Gasteiger partial charge in [-0.2, -0.15) is 4.31 Å². The van der Waals surface area contributed by atoms with E-state index in [0.29, 0.717) is 12.1 Å². The van der Waals surface area contributed by atoms with Crippen molar-refractivity contribution in [1.29, 1.82) is 0 Å². The van der Waals surface area contributed by atoms with E-state index >= 15 is 0 Å². The molecule has 1 unspecified atom stereocenters. The zero-order chi connectivity index (χ0) is 14.8. The van der Waals surface area contributed by atoms with E-state index in [0.717, 1.165) is 19.3 Å². The second-order valence-corrected chi connectivity index (χ2v) is 6.95. The van der Waals surface area contributed by atoms with Gasteiger partial charge in [0.05, 0.1) is 4.90 Å². The van der Waals surface area contributed by atoms with Gasteiger partial charge in [0.2, 0.25) is 10.0 Å². The highest BCUT2D eigenvalue weighted by atomic mass is 32.2. The first kappa shape index (κ1) is 15.0. The zero-order valence-electron chi connectivity index (χ0n) is 11.8. The summed E-state index contributed by atoms with van der Waals surface area (Å²) in [5.41, 5.74) is 0.457. The Balaban J connectivity index is 2.27. The first-order chi connectivity index (χ1) is 9.46. The van der Waals surface area contributed by atoms with Crippen LogP contribution in [0.3, 0.4) is 0 Å². The zero-order valence-corrected chi connectivity index (χ0v) is 12.6. The molecular weight excluding hydrogens is 276 g/mol. The normalized spacial score (nSPS) is 20.6. The number of benzene rings is 1. The average molecular weight is 296 g/mol. The molecular formula is C14H20N2O3S. The van der Waals surface area contributed by atoms with Crippen LogP contribution < -0.4 is 5.32 Å². The molecule has 0 aliphatic carbocycles. The van der Waals surface area contributed by atoms with Crippen LogP contribution in [0.4, 0.5) is 0 Å². The van der Waals surface area contributed by atoms with Gasteiger partial charge >= 0.3 is 0 Å². The standard InChI is InChI=1S/C14H20N2O3S/c1-11-5-3-4-10-16(11)20(18,19)13-8-6-12(7-9-13)14(17)15-2/h6-9,11H,3-5,10H2,1-2H3,(H,15,17). The van der Waals surface area contributed by atoms with Gasteiger partial charge in [0, 0.05) is 25.2 Å². The highest BCUT2D eigenvalue weighted by molar-refractivity contribution is 7.89. The van der Waals surface area contributed by atoms with Crippen LogP contribution in [-0.2, 0) is 10.0 Å². The van der Waals surface area contributed by atoms with Crippen molar-refractivity contribution in [3.05, 3.63) is 29.8 Å². The number of carbonyl (C=O) groups excluding carboxylic acids is 1. The maximum absolute atomic E-state index is 12.6. The molecule has 6 heteroatoms. The van der Waals surface area contributed by atoms with Crippen molar-refractivity contribution in [2.75, 3.05) is 13.6 Å². The van der Waals surface area contributed by atoms with E-state index in [1.807, 2.05) is 6.92 Å². The Morgan fingerprint density at radius 2 is 1.90 bits per heavy atom. The third-order valence-corrected chi connectivity index (χ3v) is 5.72. The van der Waals surface area contributed by atoms with Crippen molar-refractivity contribution in [1.82, 2.24) is 9.62 Å². The average Bonchev–Trinajstić information content (AvgIpc) is 2.47. The third kappa shape index (κ3) is 2.86. The van der Waals surface area contributed by atoms with Crippen LogP contribution in [0.5, 0.6) is 0 Å². The molecule has 1 saturated heterocycles. The molecule has 1 fully saturated rings. The highest BCUT2D eigenvalue weighted by Gasteiger charge is 2.30. The summed E-state index contributed by atoms with van der Waals surface area (Å²) in [5.74, 6) is -0.222. The third-order valence-electron chi connectivity index (χ3n) is 3.69. The van der Waals surface area contributed by atoms with Crippen molar-refractivity contribution >= 4 is 15.9 Å². The van der Waals surface area contributed by atoms with E-state index in [4.69, 9.17) is 0 Å². The molecule has 1 aromatic carbocycles. The summed E-state index contributed by atoms with van der Waals surface area (Å²) in [5, 5.41) is 2.51. The Morgan fingerprint density at radius 3 is 2.45 bits per heavy atom. The molecule has 0 spiro atoms. The van der Waals surface area contributed by atoms with Crippen LogP contribution in [0.2, 0.25) is 0 Å². The Bertz CT molecular complexity index is 581. The maximum atomic E-state index is 12.6. The predicted octanol–water partition coefficient (Wildman–Crippen LogP) is 1.61. The first-order valence-electron chi connectivity index (χ1n) is 6.81. The van der Waals surface area contributed by atoms with Gasteiger partial charge in [-0.1, -0.05) is 6.42 Å². The molecule has 110 valence electrons. The van der Waals surface area contributed by atoms with Crippen LogP contribution in [0.25, 0.3) is 0 Å². The number of nitrogens with one attached hydrogen (secondary N) is 1. The lowest BCUT2D eigenvalue weighted by Gasteiger charge is -2.32. The minimum absolute atomic E-state index is 0.0346. The quantitative estimate of drug-likeness (QED) is 0.921. The number of piperidine rings is 1. The molecule has 1 atom stereocenters. The lowest BCUT2D eigenvalue weighted by molar-refractivity contribution is 0.0963. The van der Waals surface area contributed by atoms with Gasteiger partial charge in [-0.25, -0.2) is 8.42 Å². The fourth-order valence-electron chi connectivity index (χ4n) is 2.49. The van der Waals surface area contributed by atoms with E-state index in [2.05, 4.69) is 5.32 Å². The van der Waals surface area contributed by atoms with Crippen molar-refractivity contribution in [3.63, 3.8) is 0 Å². The minimum Gasteiger partial charge on any atom is -0.355 e. The van der Waals surface area contributed by atoms with E-state index in [-0.39, 0.29) is 16.8 Å². The lowest BCUT2D eigenvalue weighted by Crippen LogP contribution is -2.41. The SMILES string of the molecule is CNC(=O)c1ccc(S(=O)(=O)N2CCCCC2C)cc1. The van der Waals surface area contributed by atoms with Crippen molar-refractivity contribution < 1.29 is 13.2 Å². The lowest BCUT2D eigenvalue weighted by atomic mass is 10.1. The molecule has 1 aliphatic rings. The smallest absolute Gasteiger partial charge is 0.251 e. The summed E-state index contributed by atoms with van der Waals surface area (Å²) in [7, 11) is -1.91. The Morgan fingerprint density at radius 1 is 1.25 bits per heavy atom. The molecule has 0 bridgehead atoms. The highest BCUT2D eigenvalue weighted by Crippen LogP contribution is 2.25. The van der Waals surface area contributed by atoms with Gasteiger partial charge in [-0.3, -0.25) is 4.79 Å². The number of amides is 1. The molecule has 1 aromatic rings. The van der Waals surface area contributed by atoms with Crippen molar-refractivity contribution in [2.24, 2.45) is 0 Å². The fraction of sp³-hybridized carbons (Fsp3) is 0.500. The van der Waals surface area contributed by atoms with Gasteiger partial charge in [-0.15, -0.1) is 0 Å². The molecule has 0 radical (unpaired) electrons. The largest absolute Gasteiger partial charge is 0.355 e. The molecule has 1 N–H and O–H groups in total. The van der Waals surface area contributed by atoms with E-state index in [1.54, 1.807) is 23.5 Å². The van der Waals surface area contributed by atoms with E-state index in [1.165, 1.54) is 12.1 Å². The van der Waals surface area contributed by atoms with Crippen LogP contribution >= 0.6 is 0 Å². The summed E-state index contributed by atoms with van der Waals surface area (Å²) in [6.45, 7) is 2.51. The van der Waals surface area contributed by atoms with Gasteiger partial charge in [-0.05, 0) is 44.0 Å². The van der Waals surface area contributed by atoms with Crippen LogP contribution in [0, 0.1) is 0 Å². The number of sulfonamides is 1. The second-order valence-electron chi connectivity index (χ2n) is 5.06. The maximum Gasteiger partial charge on any atom is 0.251 e. The number of rotatable bonds is 3. The molecule has 1 aliphatic heterocycles. The Labute approximate surface area is 120 Å². The van der Waals surface area contributed by atoms with E-state index in [9.17, 15) is 13.2 Å². The Hall–Kier alpha value is -1.40. The summed E-state index contributed by atoms with van der Waals surface area (Å²) < 4.78 is 26.7. The molecule has 2 rings (SSSR count). The topological polar surface area (TPSA) is 66.5 Å². The summed E-state index contributed by atoms with van der Waals surface area (Å²) >= 11 is 0. The first-order valence-corrected chi connectivity index (χ1v) is 8.25. The molecule has 5 nitrogen and oxygen atoms in total. The number of nitrogens with zero attached hydrogens (tertiary/aromatic N) is 1. The predicted molar refractivity (Wildman–Crippen MR) is 77.0 cm³/mol. The van der Waals surface area contributed by atoms with Gasteiger partial charge in [0.25, 0.3) is 5.91 Å². The molecule has 0 aromatic heterocycles. The van der Waals surface area contributed by atoms with Crippen molar-refractivity contribution in [3.8, 4) is 0 Å². The summed E-state index contributed by atoms with van der Waals surface area (Å²) in [6, 6.07) is 6.12. The second kappa shape index (κ2) is 5.93. The fourth-order valence-corrected chi connectivity index (χ4v) is 4.19. The van der Waals surface area contributed by atoms with Crippen molar-refractivity contribution in [2.45, 2.75) is 37.1 Å². The number of hydrogen-bond acceptors (Lipinski definition) is 3.